The highest BCUT2D eigenvalue weighted by Crippen LogP contribution is 2.22. The highest BCUT2D eigenvalue weighted by atomic mass is 16.5. The SMILES string of the molecule is CO[C@H]1C[C@@H](CN2CCCC2)N(C(=O)NCc2cccc(C)c2)C1. The Bertz CT molecular complexity index is 557. The lowest BCUT2D eigenvalue weighted by molar-refractivity contribution is 0.110. The van der Waals surface area contributed by atoms with Crippen molar-refractivity contribution >= 4 is 6.03 Å². The third-order valence-corrected chi connectivity index (χ3v) is 5.16. The second kappa shape index (κ2) is 7.99. The lowest BCUT2D eigenvalue weighted by Gasteiger charge is -2.28. The average molecular weight is 331 g/mol. The molecule has 0 aromatic heterocycles. The molecule has 2 saturated heterocycles. The van der Waals surface area contributed by atoms with Crippen molar-refractivity contribution in [1.82, 2.24) is 15.1 Å². The van der Waals surface area contributed by atoms with Crippen LogP contribution < -0.4 is 5.32 Å². The van der Waals surface area contributed by atoms with Gasteiger partial charge in [-0.2, -0.15) is 0 Å². The molecule has 1 N–H and O–H groups in total. The van der Waals surface area contributed by atoms with Crippen LogP contribution in [0.5, 0.6) is 0 Å². The summed E-state index contributed by atoms with van der Waals surface area (Å²) in [5, 5.41) is 3.08. The van der Waals surface area contributed by atoms with Gasteiger partial charge in [0.2, 0.25) is 0 Å². The van der Waals surface area contributed by atoms with Gasteiger partial charge in [-0.25, -0.2) is 4.79 Å². The number of hydrogen-bond acceptors (Lipinski definition) is 3. The number of urea groups is 1. The summed E-state index contributed by atoms with van der Waals surface area (Å²) in [6.45, 7) is 6.62. The smallest absolute Gasteiger partial charge is 0.318 e. The molecule has 2 atom stereocenters. The first kappa shape index (κ1) is 17.2. The maximum Gasteiger partial charge on any atom is 0.318 e. The minimum Gasteiger partial charge on any atom is -0.380 e. The monoisotopic (exact) mass is 331 g/mol. The molecule has 5 heteroatoms. The van der Waals surface area contributed by atoms with Crippen LogP contribution in [0.25, 0.3) is 0 Å². The quantitative estimate of drug-likeness (QED) is 0.901. The summed E-state index contributed by atoms with van der Waals surface area (Å²) in [6, 6.07) is 8.55. The molecule has 2 aliphatic rings. The average Bonchev–Trinajstić information content (AvgIpc) is 3.23. The van der Waals surface area contributed by atoms with Crippen molar-refractivity contribution in [1.29, 1.82) is 0 Å². The molecule has 2 aliphatic heterocycles. The number of rotatable bonds is 5. The van der Waals surface area contributed by atoms with Gasteiger partial charge in [0.1, 0.15) is 0 Å². The van der Waals surface area contributed by atoms with Crippen molar-refractivity contribution in [3.05, 3.63) is 35.4 Å². The Labute approximate surface area is 145 Å². The molecule has 0 saturated carbocycles. The van der Waals surface area contributed by atoms with Gasteiger partial charge in [-0.1, -0.05) is 29.8 Å². The lowest BCUT2D eigenvalue weighted by atomic mass is 10.1. The molecule has 5 nitrogen and oxygen atoms in total. The van der Waals surface area contributed by atoms with Crippen molar-refractivity contribution in [3.8, 4) is 0 Å². The van der Waals surface area contributed by atoms with Crippen LogP contribution in [-0.4, -0.2) is 61.3 Å². The fraction of sp³-hybridized carbons (Fsp3) is 0.632. The van der Waals surface area contributed by atoms with Gasteiger partial charge in [-0.15, -0.1) is 0 Å². The van der Waals surface area contributed by atoms with Crippen LogP contribution >= 0.6 is 0 Å². The van der Waals surface area contributed by atoms with Gasteiger partial charge in [0.15, 0.2) is 0 Å². The molecule has 0 aliphatic carbocycles. The molecule has 0 radical (unpaired) electrons. The maximum atomic E-state index is 12.7. The van der Waals surface area contributed by atoms with Crippen LogP contribution in [0.4, 0.5) is 4.79 Å². The molecule has 132 valence electrons. The van der Waals surface area contributed by atoms with E-state index < -0.39 is 0 Å². The Kier molecular flexibility index (Phi) is 5.74. The molecule has 2 fully saturated rings. The summed E-state index contributed by atoms with van der Waals surface area (Å²) in [5.41, 5.74) is 2.36. The van der Waals surface area contributed by atoms with E-state index in [0.29, 0.717) is 13.1 Å². The zero-order chi connectivity index (χ0) is 16.9. The molecule has 2 amide bonds. The number of likely N-dealkylation sites (tertiary alicyclic amines) is 2. The second-order valence-corrected chi connectivity index (χ2v) is 7.06. The lowest BCUT2D eigenvalue weighted by Crippen LogP contribution is -2.47. The minimum absolute atomic E-state index is 0.0280. The molecular formula is C19H29N3O2. The predicted octanol–water partition coefficient (Wildman–Crippen LogP) is 2.39. The fourth-order valence-corrected chi connectivity index (χ4v) is 3.83. The van der Waals surface area contributed by atoms with Gasteiger partial charge in [0.05, 0.1) is 6.10 Å². The normalized spacial score (nSPS) is 24.5. The van der Waals surface area contributed by atoms with Crippen LogP contribution in [-0.2, 0) is 11.3 Å². The van der Waals surface area contributed by atoms with E-state index in [2.05, 4.69) is 35.3 Å². The molecule has 0 bridgehead atoms. The zero-order valence-corrected chi connectivity index (χ0v) is 14.8. The third-order valence-electron chi connectivity index (χ3n) is 5.16. The number of hydrogen-bond donors (Lipinski definition) is 1. The van der Waals surface area contributed by atoms with Crippen molar-refractivity contribution in [2.75, 3.05) is 33.3 Å². The van der Waals surface area contributed by atoms with Gasteiger partial charge < -0.3 is 19.9 Å². The van der Waals surface area contributed by atoms with Gasteiger partial charge in [-0.05, 0) is 44.8 Å². The molecule has 24 heavy (non-hydrogen) atoms. The van der Waals surface area contributed by atoms with Gasteiger partial charge in [0.25, 0.3) is 0 Å². The number of carbonyl (C=O) groups is 1. The number of ether oxygens (including phenoxy) is 1. The number of nitrogens with one attached hydrogen (secondary N) is 1. The maximum absolute atomic E-state index is 12.7. The summed E-state index contributed by atoms with van der Waals surface area (Å²) in [4.78, 5) is 17.1. The van der Waals surface area contributed by atoms with E-state index >= 15 is 0 Å². The van der Waals surface area contributed by atoms with Crippen LogP contribution in [0, 0.1) is 6.92 Å². The van der Waals surface area contributed by atoms with E-state index in [9.17, 15) is 4.79 Å². The zero-order valence-electron chi connectivity index (χ0n) is 14.8. The summed E-state index contributed by atoms with van der Waals surface area (Å²) in [7, 11) is 1.74. The van der Waals surface area contributed by atoms with Gasteiger partial charge >= 0.3 is 6.03 Å². The Balaban J connectivity index is 1.57. The van der Waals surface area contributed by atoms with E-state index in [1.807, 2.05) is 11.0 Å². The molecule has 3 rings (SSSR count). The van der Waals surface area contributed by atoms with Crippen molar-refractivity contribution < 1.29 is 9.53 Å². The van der Waals surface area contributed by atoms with Crippen LogP contribution in [0.15, 0.2) is 24.3 Å². The Morgan fingerprint density at radius 3 is 2.83 bits per heavy atom. The Morgan fingerprint density at radius 2 is 2.12 bits per heavy atom. The van der Waals surface area contributed by atoms with E-state index in [1.54, 1.807) is 7.11 Å². The number of benzene rings is 1. The molecule has 1 aromatic rings. The highest BCUT2D eigenvalue weighted by Gasteiger charge is 2.36. The van der Waals surface area contributed by atoms with Gasteiger partial charge in [0, 0.05) is 32.8 Å². The predicted molar refractivity (Wildman–Crippen MR) is 95.0 cm³/mol. The first-order valence-corrected chi connectivity index (χ1v) is 9.01. The van der Waals surface area contributed by atoms with Gasteiger partial charge in [-0.3, -0.25) is 0 Å². The number of nitrogens with zero attached hydrogens (tertiary/aromatic N) is 2. The summed E-state index contributed by atoms with van der Waals surface area (Å²) in [6.07, 6.45) is 3.65. The van der Waals surface area contributed by atoms with E-state index in [0.717, 1.165) is 31.6 Å². The van der Waals surface area contributed by atoms with Crippen LogP contribution in [0.2, 0.25) is 0 Å². The third kappa shape index (κ3) is 4.28. The molecule has 0 unspecified atom stereocenters. The molecule has 0 spiro atoms. The van der Waals surface area contributed by atoms with Crippen molar-refractivity contribution in [2.45, 2.75) is 44.9 Å². The fourth-order valence-electron chi connectivity index (χ4n) is 3.83. The second-order valence-electron chi connectivity index (χ2n) is 7.06. The number of amides is 2. The molecular weight excluding hydrogens is 302 g/mol. The largest absolute Gasteiger partial charge is 0.380 e. The summed E-state index contributed by atoms with van der Waals surface area (Å²) in [5.74, 6) is 0. The van der Waals surface area contributed by atoms with Crippen molar-refractivity contribution in [2.24, 2.45) is 0 Å². The van der Waals surface area contributed by atoms with Crippen molar-refractivity contribution in [3.63, 3.8) is 0 Å². The number of methoxy groups -OCH3 is 1. The van der Waals surface area contributed by atoms with Crippen LogP contribution in [0.3, 0.4) is 0 Å². The van der Waals surface area contributed by atoms with E-state index in [1.165, 1.54) is 18.4 Å². The Morgan fingerprint density at radius 1 is 1.33 bits per heavy atom. The standard InChI is InChI=1S/C19H29N3O2/c1-15-6-5-7-16(10-15)12-20-19(23)22-14-18(24-2)11-17(22)13-21-8-3-4-9-21/h5-7,10,17-18H,3-4,8-9,11-14H2,1-2H3,(H,20,23)/t17-,18-/m0/s1. The summed E-state index contributed by atoms with van der Waals surface area (Å²) >= 11 is 0. The molecule has 2 heterocycles. The van der Waals surface area contributed by atoms with E-state index in [4.69, 9.17) is 4.74 Å². The minimum atomic E-state index is 0.0280. The number of carbonyl (C=O) groups excluding carboxylic acids is 1. The highest BCUT2D eigenvalue weighted by molar-refractivity contribution is 5.75. The molecule has 1 aromatic carbocycles. The first-order valence-electron chi connectivity index (χ1n) is 9.01. The topological polar surface area (TPSA) is 44.8 Å². The summed E-state index contributed by atoms with van der Waals surface area (Å²) < 4.78 is 5.52. The van der Waals surface area contributed by atoms with E-state index in [-0.39, 0.29) is 18.2 Å². The number of aryl methyl sites for hydroxylation is 1. The van der Waals surface area contributed by atoms with Crippen LogP contribution in [0.1, 0.15) is 30.4 Å². The first-order chi connectivity index (χ1) is 11.7. The Hall–Kier alpha value is -1.59.